The minimum Gasteiger partial charge on any atom is -0.379 e. The number of hydrogen-bond acceptors (Lipinski definition) is 4. The van der Waals surface area contributed by atoms with Gasteiger partial charge in [-0.1, -0.05) is 0 Å². The van der Waals surface area contributed by atoms with Gasteiger partial charge in [-0.3, -0.25) is 4.90 Å². The van der Waals surface area contributed by atoms with E-state index in [4.69, 9.17) is 4.74 Å². The Kier molecular flexibility index (Phi) is 4.75. The summed E-state index contributed by atoms with van der Waals surface area (Å²) in [6.07, 6.45) is 1.29. The molecular formula is C11H22N2OS. The summed E-state index contributed by atoms with van der Waals surface area (Å²) >= 11 is 2.08. The van der Waals surface area contributed by atoms with E-state index >= 15 is 0 Å². The number of nitrogens with zero attached hydrogens (tertiary/aromatic N) is 1. The van der Waals surface area contributed by atoms with Gasteiger partial charge in [0.15, 0.2) is 0 Å². The smallest absolute Gasteiger partial charge is 0.0619 e. The highest BCUT2D eigenvalue weighted by Gasteiger charge is 2.20. The van der Waals surface area contributed by atoms with Gasteiger partial charge < -0.3 is 10.1 Å². The van der Waals surface area contributed by atoms with Gasteiger partial charge in [-0.25, -0.2) is 0 Å². The van der Waals surface area contributed by atoms with E-state index < -0.39 is 0 Å². The van der Waals surface area contributed by atoms with Crippen LogP contribution < -0.4 is 5.32 Å². The maximum absolute atomic E-state index is 5.44. The number of hydrogen-bond donors (Lipinski definition) is 1. The first kappa shape index (κ1) is 11.7. The second-order valence-electron chi connectivity index (χ2n) is 4.47. The molecule has 0 amide bonds. The van der Waals surface area contributed by atoms with Crippen molar-refractivity contribution in [2.75, 3.05) is 44.4 Å². The van der Waals surface area contributed by atoms with Crippen LogP contribution in [0, 0.1) is 0 Å². The molecule has 0 aromatic carbocycles. The van der Waals surface area contributed by atoms with Crippen LogP contribution in [0.15, 0.2) is 0 Å². The third kappa shape index (κ3) is 3.63. The van der Waals surface area contributed by atoms with E-state index in [2.05, 4.69) is 28.9 Å². The summed E-state index contributed by atoms with van der Waals surface area (Å²) in [7, 11) is 0. The van der Waals surface area contributed by atoms with Crippen molar-refractivity contribution in [2.45, 2.75) is 25.4 Å². The van der Waals surface area contributed by atoms with Crippen LogP contribution in [-0.4, -0.2) is 61.3 Å². The summed E-state index contributed by atoms with van der Waals surface area (Å²) in [6.45, 7) is 7.62. The second kappa shape index (κ2) is 6.09. The number of morpholine rings is 1. The minimum absolute atomic E-state index is 0.606. The number of rotatable bonds is 3. The van der Waals surface area contributed by atoms with E-state index in [-0.39, 0.29) is 0 Å². The predicted octanol–water partition coefficient (Wildman–Crippen LogP) is 0.802. The number of ether oxygens (including phenoxy) is 1. The van der Waals surface area contributed by atoms with Gasteiger partial charge in [-0.15, -0.1) is 0 Å². The lowest BCUT2D eigenvalue weighted by Crippen LogP contribution is -2.46. The van der Waals surface area contributed by atoms with Crippen molar-refractivity contribution in [1.82, 2.24) is 10.2 Å². The Balaban J connectivity index is 1.67. The molecule has 0 aromatic rings. The van der Waals surface area contributed by atoms with Crippen LogP contribution in [0.3, 0.4) is 0 Å². The molecule has 0 aromatic heterocycles. The van der Waals surface area contributed by atoms with Gasteiger partial charge in [0.25, 0.3) is 0 Å². The van der Waals surface area contributed by atoms with Crippen molar-refractivity contribution in [3.63, 3.8) is 0 Å². The summed E-state index contributed by atoms with van der Waals surface area (Å²) in [5, 5.41) is 3.59. The average molecular weight is 230 g/mol. The topological polar surface area (TPSA) is 24.5 Å². The molecular weight excluding hydrogens is 208 g/mol. The lowest BCUT2D eigenvalue weighted by atomic mass is 10.2. The molecule has 15 heavy (non-hydrogen) atoms. The first-order valence-corrected chi connectivity index (χ1v) is 7.14. The van der Waals surface area contributed by atoms with E-state index in [0.717, 1.165) is 25.8 Å². The quantitative estimate of drug-likeness (QED) is 0.775. The van der Waals surface area contributed by atoms with Crippen LogP contribution >= 0.6 is 11.8 Å². The van der Waals surface area contributed by atoms with Gasteiger partial charge in [0.05, 0.1) is 13.2 Å². The lowest BCUT2D eigenvalue weighted by molar-refractivity contribution is -0.00153. The average Bonchev–Trinajstić information content (AvgIpc) is 2.29. The zero-order chi connectivity index (χ0) is 10.5. The molecule has 0 saturated carbocycles. The van der Waals surface area contributed by atoms with Crippen molar-refractivity contribution >= 4 is 11.8 Å². The van der Waals surface area contributed by atoms with Crippen LogP contribution in [0.1, 0.15) is 13.3 Å². The molecule has 1 N–H and O–H groups in total. The van der Waals surface area contributed by atoms with Gasteiger partial charge in [-0.05, 0) is 13.3 Å². The molecule has 2 aliphatic heterocycles. The molecule has 2 saturated heterocycles. The van der Waals surface area contributed by atoms with E-state index in [0.29, 0.717) is 6.04 Å². The Morgan fingerprint density at radius 1 is 1.53 bits per heavy atom. The normalized spacial score (nSPS) is 34.2. The molecule has 2 rings (SSSR count). The zero-order valence-electron chi connectivity index (χ0n) is 9.58. The molecule has 2 heterocycles. The molecule has 0 bridgehead atoms. The molecule has 3 nitrogen and oxygen atoms in total. The SMILES string of the molecule is CC1COCCN1CCC1CSCCN1. The van der Waals surface area contributed by atoms with Crippen LogP contribution in [0.4, 0.5) is 0 Å². The highest BCUT2D eigenvalue weighted by atomic mass is 32.2. The summed E-state index contributed by atoms with van der Waals surface area (Å²) in [4.78, 5) is 2.56. The third-order valence-corrected chi connectivity index (χ3v) is 4.40. The maximum Gasteiger partial charge on any atom is 0.0619 e. The van der Waals surface area contributed by atoms with E-state index in [1.807, 2.05) is 0 Å². The predicted molar refractivity (Wildman–Crippen MR) is 65.6 cm³/mol. The monoisotopic (exact) mass is 230 g/mol. The maximum atomic E-state index is 5.44. The number of nitrogens with one attached hydrogen (secondary N) is 1. The van der Waals surface area contributed by atoms with E-state index in [1.165, 1.54) is 31.0 Å². The van der Waals surface area contributed by atoms with Gasteiger partial charge in [-0.2, -0.15) is 11.8 Å². The molecule has 2 atom stereocenters. The Morgan fingerprint density at radius 2 is 2.47 bits per heavy atom. The first-order chi connectivity index (χ1) is 7.36. The number of thioether (sulfide) groups is 1. The summed E-state index contributed by atoms with van der Waals surface area (Å²) in [6, 6.07) is 1.34. The van der Waals surface area contributed by atoms with Gasteiger partial charge in [0.1, 0.15) is 0 Å². The molecule has 2 fully saturated rings. The molecule has 2 unspecified atom stereocenters. The zero-order valence-corrected chi connectivity index (χ0v) is 10.4. The Hall–Kier alpha value is 0.230. The minimum atomic E-state index is 0.606. The molecule has 2 aliphatic rings. The summed E-state index contributed by atoms with van der Waals surface area (Å²) in [5.41, 5.74) is 0. The Bertz CT molecular complexity index is 185. The Morgan fingerprint density at radius 3 is 3.20 bits per heavy atom. The van der Waals surface area contributed by atoms with Crippen molar-refractivity contribution in [1.29, 1.82) is 0 Å². The van der Waals surface area contributed by atoms with E-state index in [9.17, 15) is 0 Å². The summed E-state index contributed by atoms with van der Waals surface area (Å²) < 4.78 is 5.44. The molecule has 0 spiro atoms. The molecule has 4 heteroatoms. The van der Waals surface area contributed by atoms with Gasteiger partial charge in [0, 0.05) is 43.2 Å². The fourth-order valence-corrected chi connectivity index (χ4v) is 3.22. The van der Waals surface area contributed by atoms with Crippen molar-refractivity contribution < 1.29 is 4.74 Å². The molecule has 0 aliphatic carbocycles. The highest BCUT2D eigenvalue weighted by Crippen LogP contribution is 2.13. The molecule has 0 radical (unpaired) electrons. The molecule has 88 valence electrons. The van der Waals surface area contributed by atoms with Gasteiger partial charge >= 0.3 is 0 Å². The van der Waals surface area contributed by atoms with Crippen LogP contribution in [0.25, 0.3) is 0 Å². The summed E-state index contributed by atoms with van der Waals surface area (Å²) in [5.74, 6) is 2.57. The fraction of sp³-hybridized carbons (Fsp3) is 1.00. The van der Waals surface area contributed by atoms with Crippen molar-refractivity contribution in [3.05, 3.63) is 0 Å². The first-order valence-electron chi connectivity index (χ1n) is 5.99. The third-order valence-electron chi connectivity index (χ3n) is 3.27. The Labute approximate surface area is 96.9 Å². The van der Waals surface area contributed by atoms with Crippen LogP contribution in [0.5, 0.6) is 0 Å². The van der Waals surface area contributed by atoms with Crippen molar-refractivity contribution in [2.24, 2.45) is 0 Å². The highest BCUT2D eigenvalue weighted by molar-refractivity contribution is 7.99. The largest absolute Gasteiger partial charge is 0.379 e. The van der Waals surface area contributed by atoms with Crippen LogP contribution in [-0.2, 0) is 4.74 Å². The van der Waals surface area contributed by atoms with Crippen LogP contribution in [0.2, 0.25) is 0 Å². The standard InChI is InChI=1S/C11H22N2OS/c1-10-8-14-6-5-13(10)4-2-11-9-15-7-3-12-11/h10-12H,2-9H2,1H3. The van der Waals surface area contributed by atoms with E-state index in [1.54, 1.807) is 0 Å². The van der Waals surface area contributed by atoms with Gasteiger partial charge in [0.2, 0.25) is 0 Å². The second-order valence-corrected chi connectivity index (χ2v) is 5.62. The van der Waals surface area contributed by atoms with Crippen molar-refractivity contribution in [3.8, 4) is 0 Å². The fourth-order valence-electron chi connectivity index (χ4n) is 2.22. The lowest BCUT2D eigenvalue weighted by Gasteiger charge is -2.34.